The molecule has 17 heavy (non-hydrogen) atoms. The van der Waals surface area contributed by atoms with Gasteiger partial charge in [-0.1, -0.05) is 12.1 Å². The van der Waals surface area contributed by atoms with E-state index in [1.807, 2.05) is 5.38 Å². The van der Waals surface area contributed by atoms with Gasteiger partial charge in [0.1, 0.15) is 6.33 Å². The fourth-order valence-electron chi connectivity index (χ4n) is 1.44. The lowest BCUT2D eigenvalue weighted by atomic mass is 10.2. The summed E-state index contributed by atoms with van der Waals surface area (Å²) in [5.41, 5.74) is 2.09. The average molecular weight is 354 g/mol. The van der Waals surface area contributed by atoms with Crippen molar-refractivity contribution in [2.45, 2.75) is 0 Å². The predicted molar refractivity (Wildman–Crippen MR) is 75.6 cm³/mol. The number of thiazole rings is 1. The molecule has 0 fully saturated rings. The summed E-state index contributed by atoms with van der Waals surface area (Å²) in [5.74, 6) is 0.715. The molecule has 0 amide bonds. The Morgan fingerprint density at radius 1 is 1.18 bits per heavy atom. The molecule has 3 rings (SSSR count). The van der Waals surface area contributed by atoms with Gasteiger partial charge < -0.3 is 0 Å². The molecular formula is C11H7IN4S. The van der Waals surface area contributed by atoms with E-state index in [-0.39, 0.29) is 0 Å². The first-order chi connectivity index (χ1) is 8.33. The molecular weight excluding hydrogens is 347 g/mol. The molecule has 0 aliphatic rings. The van der Waals surface area contributed by atoms with Crippen LogP contribution in [0.4, 0.5) is 0 Å². The summed E-state index contributed by atoms with van der Waals surface area (Å²) >= 11 is 3.85. The zero-order valence-electron chi connectivity index (χ0n) is 8.59. The van der Waals surface area contributed by atoms with Gasteiger partial charge in [0.15, 0.2) is 10.8 Å². The van der Waals surface area contributed by atoms with Crippen LogP contribution in [0.3, 0.4) is 0 Å². The Labute approximate surface area is 115 Å². The van der Waals surface area contributed by atoms with E-state index in [1.165, 1.54) is 9.90 Å². The fourth-order valence-corrected chi connectivity index (χ4v) is 2.58. The smallest absolute Gasteiger partial charge is 0.184 e. The van der Waals surface area contributed by atoms with Crippen LogP contribution in [0.1, 0.15) is 0 Å². The molecule has 84 valence electrons. The largest absolute Gasteiger partial charge is 0.257 e. The molecule has 4 nitrogen and oxygen atoms in total. The van der Waals surface area contributed by atoms with Gasteiger partial charge >= 0.3 is 0 Å². The monoisotopic (exact) mass is 354 g/mol. The Morgan fingerprint density at radius 3 is 2.71 bits per heavy atom. The molecule has 6 heteroatoms. The number of aromatic amines is 1. The third-order valence-electron chi connectivity index (χ3n) is 2.26. The van der Waals surface area contributed by atoms with Gasteiger partial charge in [-0.3, -0.25) is 5.10 Å². The van der Waals surface area contributed by atoms with Crippen molar-refractivity contribution >= 4 is 33.9 Å². The van der Waals surface area contributed by atoms with Crippen LogP contribution in [0.15, 0.2) is 36.0 Å². The Kier molecular flexibility index (Phi) is 2.89. The normalized spacial score (nSPS) is 10.6. The highest BCUT2D eigenvalue weighted by atomic mass is 127. The second-order valence-corrected chi connectivity index (χ2v) is 5.48. The second-order valence-electron chi connectivity index (χ2n) is 3.38. The zero-order chi connectivity index (χ0) is 11.7. The minimum absolute atomic E-state index is 0.715. The second kappa shape index (κ2) is 4.53. The number of benzene rings is 1. The van der Waals surface area contributed by atoms with E-state index in [4.69, 9.17) is 0 Å². The number of halogens is 1. The maximum absolute atomic E-state index is 4.53. The standard InChI is InChI=1S/C11H7IN4S/c12-8-3-1-7(2-4-8)9-5-17-11(15-9)10-13-6-14-16-10/h1-6H,(H,13,14,16). The molecule has 0 aliphatic heterocycles. The topological polar surface area (TPSA) is 54.5 Å². The van der Waals surface area contributed by atoms with E-state index < -0.39 is 0 Å². The number of nitrogens with one attached hydrogen (secondary N) is 1. The molecule has 0 spiro atoms. The number of hydrogen-bond acceptors (Lipinski definition) is 4. The summed E-state index contributed by atoms with van der Waals surface area (Å²) in [6.45, 7) is 0. The average Bonchev–Trinajstić information content (AvgIpc) is 3.00. The number of hydrogen-bond donors (Lipinski definition) is 1. The molecule has 0 aliphatic carbocycles. The molecule has 0 bridgehead atoms. The van der Waals surface area contributed by atoms with E-state index in [0.29, 0.717) is 5.82 Å². The summed E-state index contributed by atoms with van der Waals surface area (Å²) in [5, 5.41) is 9.52. The fraction of sp³-hybridized carbons (Fsp3) is 0. The predicted octanol–water partition coefficient (Wildman–Crippen LogP) is 3.20. The van der Waals surface area contributed by atoms with Crippen molar-refractivity contribution in [3.63, 3.8) is 0 Å². The van der Waals surface area contributed by atoms with Crippen molar-refractivity contribution in [3.8, 4) is 22.1 Å². The lowest BCUT2D eigenvalue weighted by molar-refractivity contribution is 1.09. The maximum atomic E-state index is 4.53. The highest BCUT2D eigenvalue weighted by molar-refractivity contribution is 14.1. The molecule has 2 aromatic heterocycles. The van der Waals surface area contributed by atoms with Crippen LogP contribution in [-0.4, -0.2) is 20.2 Å². The Balaban J connectivity index is 1.98. The first kappa shape index (κ1) is 10.8. The maximum Gasteiger partial charge on any atom is 0.184 e. The van der Waals surface area contributed by atoms with Crippen LogP contribution in [0, 0.1) is 3.57 Å². The molecule has 0 atom stereocenters. The Bertz CT molecular complexity index is 615. The van der Waals surface area contributed by atoms with Crippen molar-refractivity contribution < 1.29 is 0 Å². The summed E-state index contributed by atoms with van der Waals surface area (Å²) in [6.07, 6.45) is 1.49. The van der Waals surface area contributed by atoms with Gasteiger partial charge in [0.25, 0.3) is 0 Å². The third kappa shape index (κ3) is 2.22. The molecule has 0 radical (unpaired) electrons. The minimum atomic E-state index is 0.715. The van der Waals surface area contributed by atoms with Crippen molar-refractivity contribution in [1.82, 2.24) is 20.2 Å². The van der Waals surface area contributed by atoms with Crippen LogP contribution in [-0.2, 0) is 0 Å². The van der Waals surface area contributed by atoms with Crippen LogP contribution >= 0.6 is 33.9 Å². The Hall–Kier alpha value is -1.28. The molecule has 0 saturated heterocycles. The molecule has 0 unspecified atom stereocenters. The lowest BCUT2D eigenvalue weighted by Gasteiger charge is -1.95. The van der Waals surface area contributed by atoms with Gasteiger partial charge in [0, 0.05) is 14.5 Å². The summed E-state index contributed by atoms with van der Waals surface area (Å²) in [4.78, 5) is 8.62. The van der Waals surface area contributed by atoms with Gasteiger partial charge in [-0.25, -0.2) is 9.97 Å². The lowest BCUT2D eigenvalue weighted by Crippen LogP contribution is -1.81. The summed E-state index contributed by atoms with van der Waals surface area (Å²) < 4.78 is 1.22. The number of rotatable bonds is 2. The van der Waals surface area contributed by atoms with Gasteiger partial charge in [-0.05, 0) is 34.7 Å². The van der Waals surface area contributed by atoms with E-state index in [1.54, 1.807) is 11.3 Å². The van der Waals surface area contributed by atoms with Gasteiger partial charge in [-0.2, -0.15) is 5.10 Å². The number of H-pyrrole nitrogens is 1. The highest BCUT2D eigenvalue weighted by Crippen LogP contribution is 2.26. The van der Waals surface area contributed by atoms with Crippen LogP contribution in [0.5, 0.6) is 0 Å². The van der Waals surface area contributed by atoms with Crippen molar-refractivity contribution in [3.05, 3.63) is 39.5 Å². The molecule has 1 aromatic carbocycles. The molecule has 1 N–H and O–H groups in total. The van der Waals surface area contributed by atoms with Crippen LogP contribution in [0.25, 0.3) is 22.1 Å². The minimum Gasteiger partial charge on any atom is -0.257 e. The van der Waals surface area contributed by atoms with Crippen molar-refractivity contribution in [2.75, 3.05) is 0 Å². The van der Waals surface area contributed by atoms with Crippen molar-refractivity contribution in [2.24, 2.45) is 0 Å². The first-order valence-electron chi connectivity index (χ1n) is 4.90. The summed E-state index contributed by atoms with van der Waals surface area (Å²) in [7, 11) is 0. The molecule has 3 aromatic rings. The molecule has 0 saturated carbocycles. The zero-order valence-corrected chi connectivity index (χ0v) is 11.6. The van der Waals surface area contributed by atoms with E-state index >= 15 is 0 Å². The van der Waals surface area contributed by atoms with Crippen LogP contribution in [0.2, 0.25) is 0 Å². The SMILES string of the molecule is Ic1ccc(-c2csc(-c3ncn[nH]3)n2)cc1. The highest BCUT2D eigenvalue weighted by Gasteiger charge is 2.08. The number of aromatic nitrogens is 4. The number of nitrogens with zero attached hydrogens (tertiary/aromatic N) is 3. The quantitative estimate of drug-likeness (QED) is 0.719. The van der Waals surface area contributed by atoms with Gasteiger partial charge in [0.2, 0.25) is 0 Å². The van der Waals surface area contributed by atoms with E-state index in [2.05, 4.69) is 67.0 Å². The van der Waals surface area contributed by atoms with E-state index in [9.17, 15) is 0 Å². The van der Waals surface area contributed by atoms with Gasteiger partial charge in [-0.15, -0.1) is 11.3 Å². The third-order valence-corrected chi connectivity index (χ3v) is 3.83. The van der Waals surface area contributed by atoms with Crippen LogP contribution < -0.4 is 0 Å². The first-order valence-corrected chi connectivity index (χ1v) is 6.86. The van der Waals surface area contributed by atoms with Crippen molar-refractivity contribution in [1.29, 1.82) is 0 Å². The van der Waals surface area contributed by atoms with Gasteiger partial charge in [0.05, 0.1) is 5.69 Å². The van der Waals surface area contributed by atoms with E-state index in [0.717, 1.165) is 16.3 Å². The molecule has 2 heterocycles. The Morgan fingerprint density at radius 2 is 2.00 bits per heavy atom. The summed E-state index contributed by atoms with van der Waals surface area (Å²) in [6, 6.07) is 8.29.